The van der Waals surface area contributed by atoms with Crippen molar-refractivity contribution in [2.45, 2.75) is 11.9 Å². The van der Waals surface area contributed by atoms with Crippen LogP contribution in [0.15, 0.2) is 35.4 Å². The summed E-state index contributed by atoms with van der Waals surface area (Å²) < 4.78 is 37.9. The first-order chi connectivity index (χ1) is 12.5. The Hall–Kier alpha value is -2.59. The van der Waals surface area contributed by atoms with Crippen molar-refractivity contribution >= 4 is 21.6 Å². The molecule has 140 valence electrons. The van der Waals surface area contributed by atoms with E-state index in [0.717, 1.165) is 0 Å². The quantitative estimate of drug-likeness (QED) is 0.775. The zero-order chi connectivity index (χ0) is 18.6. The number of rotatable bonds is 6. The van der Waals surface area contributed by atoms with Crippen LogP contribution >= 0.6 is 0 Å². The molecule has 0 spiro atoms. The number of nitrogens with zero attached hydrogens (tertiary/aromatic N) is 2. The molecule has 0 atom stereocenters. The van der Waals surface area contributed by atoms with Crippen LogP contribution in [0.4, 0.5) is 5.69 Å². The SMILES string of the molecule is CCOc1ccc(NS(=O)(=O)c2cc(C(=O)N3CCOCC3)n[nH]2)cc1. The third-order valence-corrected chi connectivity index (χ3v) is 5.07. The van der Waals surface area contributed by atoms with Crippen molar-refractivity contribution in [2.75, 3.05) is 37.6 Å². The van der Waals surface area contributed by atoms with Crippen molar-refractivity contribution < 1.29 is 22.7 Å². The smallest absolute Gasteiger partial charge is 0.278 e. The van der Waals surface area contributed by atoms with E-state index >= 15 is 0 Å². The normalized spacial score (nSPS) is 14.9. The number of carbonyl (C=O) groups excluding carboxylic acids is 1. The van der Waals surface area contributed by atoms with Crippen molar-refractivity contribution in [3.63, 3.8) is 0 Å². The van der Waals surface area contributed by atoms with Gasteiger partial charge >= 0.3 is 0 Å². The standard InChI is InChI=1S/C16H20N4O5S/c1-2-25-13-5-3-12(4-6-13)19-26(22,23)15-11-14(17-18-15)16(21)20-7-9-24-10-8-20/h3-6,11,19H,2,7-10H2,1H3,(H,17,18). The van der Waals surface area contributed by atoms with E-state index < -0.39 is 10.0 Å². The monoisotopic (exact) mass is 380 g/mol. The Balaban J connectivity index is 1.71. The maximum Gasteiger partial charge on any atom is 0.278 e. The molecule has 2 aromatic rings. The summed E-state index contributed by atoms with van der Waals surface area (Å²) in [5.41, 5.74) is 0.433. The minimum Gasteiger partial charge on any atom is -0.494 e. The second-order valence-corrected chi connectivity index (χ2v) is 7.24. The van der Waals surface area contributed by atoms with Crippen molar-refractivity contribution in [1.29, 1.82) is 0 Å². The summed E-state index contributed by atoms with van der Waals surface area (Å²) in [4.78, 5) is 13.9. The van der Waals surface area contributed by atoms with Gasteiger partial charge in [-0.15, -0.1) is 0 Å². The molecular weight excluding hydrogens is 360 g/mol. The van der Waals surface area contributed by atoms with Crippen molar-refractivity contribution in [3.8, 4) is 5.75 Å². The summed E-state index contributed by atoms with van der Waals surface area (Å²) in [6.07, 6.45) is 0. The van der Waals surface area contributed by atoms with Crippen molar-refractivity contribution in [3.05, 3.63) is 36.0 Å². The first-order valence-electron chi connectivity index (χ1n) is 8.17. The number of aromatic nitrogens is 2. The van der Waals surface area contributed by atoms with Crippen LogP contribution < -0.4 is 9.46 Å². The van der Waals surface area contributed by atoms with Gasteiger partial charge in [-0.05, 0) is 31.2 Å². The summed E-state index contributed by atoms with van der Waals surface area (Å²) in [6.45, 7) is 4.22. The number of benzene rings is 1. The van der Waals surface area contributed by atoms with E-state index in [-0.39, 0.29) is 16.6 Å². The number of morpholine rings is 1. The average molecular weight is 380 g/mol. The number of sulfonamides is 1. The lowest BCUT2D eigenvalue weighted by atomic mass is 10.3. The number of amides is 1. The van der Waals surface area contributed by atoms with Gasteiger partial charge in [0.05, 0.1) is 19.8 Å². The molecule has 1 aliphatic heterocycles. The van der Waals surface area contributed by atoms with E-state index in [0.29, 0.717) is 44.3 Å². The summed E-state index contributed by atoms with van der Waals surface area (Å²) in [5, 5.41) is 6.08. The second kappa shape index (κ2) is 7.75. The molecule has 1 saturated heterocycles. The van der Waals surface area contributed by atoms with E-state index in [9.17, 15) is 13.2 Å². The van der Waals surface area contributed by atoms with E-state index in [2.05, 4.69) is 14.9 Å². The van der Waals surface area contributed by atoms with E-state index in [1.54, 1.807) is 29.2 Å². The van der Waals surface area contributed by atoms with E-state index in [4.69, 9.17) is 9.47 Å². The summed E-state index contributed by atoms with van der Waals surface area (Å²) in [5.74, 6) is 0.322. The van der Waals surface area contributed by atoms with Crippen LogP contribution in [-0.2, 0) is 14.8 Å². The Morgan fingerprint density at radius 2 is 2.00 bits per heavy atom. The molecule has 0 unspecified atom stereocenters. The molecule has 0 radical (unpaired) electrons. The predicted octanol–water partition coefficient (Wildman–Crippen LogP) is 1.08. The highest BCUT2D eigenvalue weighted by Crippen LogP contribution is 2.19. The Labute approximate surface area is 151 Å². The van der Waals surface area contributed by atoms with Crippen LogP contribution in [0.5, 0.6) is 5.75 Å². The molecular formula is C16H20N4O5S. The van der Waals surface area contributed by atoms with E-state index in [1.807, 2.05) is 6.92 Å². The number of aromatic amines is 1. The third-order valence-electron chi connectivity index (χ3n) is 3.78. The summed E-state index contributed by atoms with van der Waals surface area (Å²) >= 11 is 0. The Morgan fingerprint density at radius 3 is 2.65 bits per heavy atom. The lowest BCUT2D eigenvalue weighted by molar-refractivity contribution is 0.0299. The molecule has 1 aliphatic rings. The highest BCUT2D eigenvalue weighted by atomic mass is 32.2. The van der Waals surface area contributed by atoms with Crippen molar-refractivity contribution in [1.82, 2.24) is 15.1 Å². The van der Waals surface area contributed by atoms with Crippen LogP contribution in [-0.4, -0.2) is 62.3 Å². The predicted molar refractivity (Wildman–Crippen MR) is 93.7 cm³/mol. The van der Waals surface area contributed by atoms with Crippen LogP contribution in [0.25, 0.3) is 0 Å². The summed E-state index contributed by atoms with van der Waals surface area (Å²) in [7, 11) is -3.89. The van der Waals surface area contributed by atoms with Crippen molar-refractivity contribution in [2.24, 2.45) is 0 Å². The minimum absolute atomic E-state index is 0.0546. The topological polar surface area (TPSA) is 114 Å². The molecule has 1 amide bonds. The van der Waals surface area contributed by atoms with Gasteiger partial charge in [-0.25, -0.2) is 0 Å². The highest BCUT2D eigenvalue weighted by Gasteiger charge is 2.24. The fourth-order valence-corrected chi connectivity index (χ4v) is 3.46. The first-order valence-corrected chi connectivity index (χ1v) is 9.66. The van der Waals surface area contributed by atoms with Crippen LogP contribution in [0.1, 0.15) is 17.4 Å². The van der Waals surface area contributed by atoms with Gasteiger partial charge in [-0.3, -0.25) is 14.6 Å². The first kappa shape index (κ1) is 18.2. The highest BCUT2D eigenvalue weighted by molar-refractivity contribution is 7.92. The molecule has 1 aromatic heterocycles. The Bertz CT molecular complexity index is 857. The molecule has 1 aromatic carbocycles. The van der Waals surface area contributed by atoms with E-state index in [1.165, 1.54) is 6.07 Å². The fourth-order valence-electron chi connectivity index (χ4n) is 2.48. The number of ether oxygens (including phenoxy) is 2. The maximum absolute atomic E-state index is 12.5. The summed E-state index contributed by atoms with van der Waals surface area (Å²) in [6, 6.07) is 7.76. The average Bonchev–Trinajstić information content (AvgIpc) is 3.15. The van der Waals surface area contributed by atoms with Gasteiger partial charge in [-0.1, -0.05) is 0 Å². The number of hydrogen-bond donors (Lipinski definition) is 2. The lowest BCUT2D eigenvalue weighted by Gasteiger charge is -2.25. The number of H-pyrrole nitrogens is 1. The van der Waals surface area contributed by atoms with Crippen LogP contribution in [0.2, 0.25) is 0 Å². The molecule has 9 nitrogen and oxygen atoms in total. The number of carbonyl (C=O) groups is 1. The molecule has 26 heavy (non-hydrogen) atoms. The minimum atomic E-state index is -3.89. The Kier molecular flexibility index (Phi) is 5.43. The zero-order valence-corrected chi connectivity index (χ0v) is 15.1. The number of anilines is 1. The van der Waals surface area contributed by atoms with Gasteiger partial charge in [-0.2, -0.15) is 13.5 Å². The van der Waals surface area contributed by atoms with Crippen LogP contribution in [0, 0.1) is 0 Å². The van der Waals surface area contributed by atoms with Gasteiger partial charge in [0.15, 0.2) is 10.7 Å². The molecule has 2 heterocycles. The maximum atomic E-state index is 12.5. The molecule has 0 bridgehead atoms. The fraction of sp³-hybridized carbons (Fsp3) is 0.375. The second-order valence-electron chi connectivity index (χ2n) is 5.58. The molecule has 0 aliphatic carbocycles. The van der Waals surface area contributed by atoms with Gasteiger partial charge < -0.3 is 14.4 Å². The molecule has 10 heteroatoms. The van der Waals surface area contributed by atoms with Gasteiger partial charge in [0, 0.05) is 24.8 Å². The van der Waals surface area contributed by atoms with Gasteiger partial charge in [0.1, 0.15) is 5.75 Å². The number of nitrogens with one attached hydrogen (secondary N) is 2. The largest absolute Gasteiger partial charge is 0.494 e. The molecule has 0 saturated carbocycles. The Morgan fingerprint density at radius 1 is 1.31 bits per heavy atom. The lowest BCUT2D eigenvalue weighted by Crippen LogP contribution is -2.40. The molecule has 3 rings (SSSR count). The van der Waals surface area contributed by atoms with Gasteiger partial charge in [0.2, 0.25) is 0 Å². The van der Waals surface area contributed by atoms with Gasteiger partial charge in [0.25, 0.3) is 15.9 Å². The number of hydrogen-bond acceptors (Lipinski definition) is 6. The molecule has 2 N–H and O–H groups in total. The molecule has 1 fully saturated rings. The zero-order valence-electron chi connectivity index (χ0n) is 14.3. The van der Waals surface area contributed by atoms with Crippen LogP contribution in [0.3, 0.4) is 0 Å². The third kappa shape index (κ3) is 4.14.